The van der Waals surface area contributed by atoms with E-state index in [0.717, 1.165) is 0 Å². The number of pyridine rings is 1. The van der Waals surface area contributed by atoms with E-state index in [9.17, 15) is 9.90 Å². The van der Waals surface area contributed by atoms with Gasteiger partial charge in [-0.2, -0.15) is 5.26 Å². The summed E-state index contributed by atoms with van der Waals surface area (Å²) in [5.74, 6) is -0.449. The molecule has 1 aromatic rings. The number of carboxylic acid groups (broad SMARTS) is 1. The normalized spacial score (nSPS) is 17.7. The molecule has 0 bridgehead atoms. The van der Waals surface area contributed by atoms with E-state index in [1.54, 1.807) is 12.1 Å². The number of rotatable bonds is 3. The number of aromatic nitrogens is 1. The van der Waals surface area contributed by atoms with Crippen molar-refractivity contribution in [1.82, 2.24) is 4.98 Å². The summed E-state index contributed by atoms with van der Waals surface area (Å²) in [4.78, 5) is 15.4. The molecular weight excluding hydrogens is 234 g/mol. The molecule has 0 spiro atoms. The van der Waals surface area contributed by atoms with Crippen molar-refractivity contribution in [2.75, 3.05) is 18.5 Å². The molecule has 1 saturated heterocycles. The highest BCUT2D eigenvalue weighted by atomic mass is 16.5. The summed E-state index contributed by atoms with van der Waals surface area (Å²) in [6.07, 6.45) is 2.20. The van der Waals surface area contributed by atoms with Crippen LogP contribution in [0.5, 0.6) is 0 Å². The Bertz CT molecular complexity index is 472. The first-order valence-corrected chi connectivity index (χ1v) is 5.62. The van der Waals surface area contributed by atoms with Gasteiger partial charge in [0.1, 0.15) is 17.4 Å². The third kappa shape index (κ3) is 2.41. The summed E-state index contributed by atoms with van der Waals surface area (Å²) in [7, 11) is 0. The molecule has 1 aliphatic rings. The molecule has 18 heavy (non-hydrogen) atoms. The zero-order valence-corrected chi connectivity index (χ0v) is 9.72. The molecule has 1 aromatic heterocycles. The number of hydrogen-bond acceptors (Lipinski definition) is 5. The number of carboxylic acids is 1. The molecule has 0 saturated carbocycles. The van der Waals surface area contributed by atoms with E-state index >= 15 is 0 Å². The van der Waals surface area contributed by atoms with Gasteiger partial charge in [-0.25, -0.2) is 9.78 Å². The highest BCUT2D eigenvalue weighted by Gasteiger charge is 2.40. The highest BCUT2D eigenvalue weighted by molar-refractivity contribution is 5.82. The van der Waals surface area contributed by atoms with Crippen LogP contribution in [0.3, 0.4) is 0 Å². The summed E-state index contributed by atoms with van der Waals surface area (Å²) in [5, 5.41) is 21.0. The first-order valence-electron chi connectivity index (χ1n) is 5.62. The van der Waals surface area contributed by atoms with Crippen LogP contribution < -0.4 is 5.32 Å². The van der Waals surface area contributed by atoms with Crippen LogP contribution in [0.2, 0.25) is 0 Å². The molecule has 2 heterocycles. The number of hydrogen-bond donors (Lipinski definition) is 2. The van der Waals surface area contributed by atoms with Crippen LogP contribution >= 0.6 is 0 Å². The van der Waals surface area contributed by atoms with Crippen molar-refractivity contribution in [3.8, 4) is 6.07 Å². The van der Waals surface area contributed by atoms with Crippen molar-refractivity contribution in [3.05, 3.63) is 23.9 Å². The first-order chi connectivity index (χ1) is 8.66. The Labute approximate surface area is 104 Å². The van der Waals surface area contributed by atoms with E-state index in [1.165, 1.54) is 6.20 Å². The van der Waals surface area contributed by atoms with E-state index in [1.807, 2.05) is 6.07 Å². The van der Waals surface area contributed by atoms with Gasteiger partial charge in [0, 0.05) is 32.3 Å². The fourth-order valence-corrected chi connectivity index (χ4v) is 1.89. The summed E-state index contributed by atoms with van der Waals surface area (Å²) in [6, 6.07) is 5.17. The third-order valence-corrected chi connectivity index (χ3v) is 3.02. The van der Waals surface area contributed by atoms with Gasteiger partial charge in [-0.3, -0.25) is 0 Å². The lowest BCUT2D eigenvalue weighted by Gasteiger charge is -2.34. The van der Waals surface area contributed by atoms with E-state index in [0.29, 0.717) is 37.4 Å². The van der Waals surface area contributed by atoms with E-state index < -0.39 is 11.5 Å². The predicted molar refractivity (Wildman–Crippen MR) is 63.0 cm³/mol. The molecule has 0 amide bonds. The van der Waals surface area contributed by atoms with Gasteiger partial charge >= 0.3 is 5.97 Å². The van der Waals surface area contributed by atoms with Crippen molar-refractivity contribution < 1.29 is 14.6 Å². The average molecular weight is 247 g/mol. The maximum atomic E-state index is 11.4. The third-order valence-electron chi connectivity index (χ3n) is 3.02. The SMILES string of the molecule is N#Cc1ccc(NC2(C(=O)O)CCOCC2)nc1. The first kappa shape index (κ1) is 12.3. The van der Waals surface area contributed by atoms with Crippen LogP contribution in [0.4, 0.5) is 5.82 Å². The lowest BCUT2D eigenvalue weighted by atomic mass is 9.90. The second kappa shape index (κ2) is 5.02. The maximum Gasteiger partial charge on any atom is 0.329 e. The Morgan fingerprint density at radius 1 is 1.50 bits per heavy atom. The summed E-state index contributed by atoms with van der Waals surface area (Å²) in [5.41, 5.74) is -0.587. The average Bonchev–Trinajstić information content (AvgIpc) is 2.40. The highest BCUT2D eigenvalue weighted by Crippen LogP contribution is 2.25. The zero-order chi connectivity index (χ0) is 13.0. The Kier molecular flexibility index (Phi) is 3.44. The van der Waals surface area contributed by atoms with Crippen molar-refractivity contribution in [2.45, 2.75) is 18.4 Å². The maximum absolute atomic E-state index is 11.4. The molecule has 1 fully saturated rings. The molecule has 0 radical (unpaired) electrons. The van der Waals surface area contributed by atoms with Crippen molar-refractivity contribution >= 4 is 11.8 Å². The van der Waals surface area contributed by atoms with Crippen molar-refractivity contribution in [3.63, 3.8) is 0 Å². The second-order valence-electron chi connectivity index (χ2n) is 4.17. The fraction of sp³-hybridized carbons (Fsp3) is 0.417. The number of aliphatic carboxylic acids is 1. The predicted octanol–water partition coefficient (Wildman–Crippen LogP) is 0.999. The molecule has 6 heteroatoms. The van der Waals surface area contributed by atoms with Crippen LogP contribution in [0.1, 0.15) is 18.4 Å². The van der Waals surface area contributed by atoms with Gasteiger partial charge in [0.2, 0.25) is 0 Å². The van der Waals surface area contributed by atoms with Gasteiger partial charge < -0.3 is 15.2 Å². The van der Waals surface area contributed by atoms with Gasteiger partial charge in [0.05, 0.1) is 5.56 Å². The van der Waals surface area contributed by atoms with Gasteiger partial charge in [-0.05, 0) is 12.1 Å². The van der Waals surface area contributed by atoms with Crippen LogP contribution in [0, 0.1) is 11.3 Å². The molecular formula is C12H13N3O3. The van der Waals surface area contributed by atoms with E-state index in [2.05, 4.69) is 10.3 Å². The zero-order valence-electron chi connectivity index (χ0n) is 9.72. The lowest BCUT2D eigenvalue weighted by Crippen LogP contribution is -2.50. The molecule has 6 nitrogen and oxygen atoms in total. The van der Waals surface area contributed by atoms with Crippen LogP contribution in [-0.4, -0.2) is 34.8 Å². The monoisotopic (exact) mass is 247 g/mol. The summed E-state index contributed by atoms with van der Waals surface area (Å²) in [6.45, 7) is 0.825. The molecule has 0 aromatic carbocycles. The Hall–Kier alpha value is -2.13. The minimum Gasteiger partial charge on any atom is -0.480 e. The number of carbonyl (C=O) groups is 1. The summed E-state index contributed by atoms with van der Waals surface area (Å²) < 4.78 is 5.18. The largest absolute Gasteiger partial charge is 0.480 e. The molecule has 0 aliphatic carbocycles. The molecule has 94 valence electrons. The minimum absolute atomic E-state index is 0.393. The molecule has 1 aliphatic heterocycles. The smallest absolute Gasteiger partial charge is 0.329 e. The topological polar surface area (TPSA) is 95.2 Å². The van der Waals surface area contributed by atoms with E-state index in [-0.39, 0.29) is 0 Å². The molecule has 0 unspecified atom stereocenters. The molecule has 0 atom stereocenters. The number of ether oxygens (including phenoxy) is 1. The van der Waals surface area contributed by atoms with Crippen LogP contribution in [0.15, 0.2) is 18.3 Å². The Morgan fingerprint density at radius 3 is 2.72 bits per heavy atom. The Morgan fingerprint density at radius 2 is 2.22 bits per heavy atom. The standard InChI is InChI=1S/C12H13N3O3/c13-7-9-1-2-10(14-8-9)15-12(11(16)17)3-5-18-6-4-12/h1-2,8H,3-6H2,(H,14,15)(H,16,17). The quantitative estimate of drug-likeness (QED) is 0.827. The molecule has 2 rings (SSSR count). The molecule has 2 N–H and O–H groups in total. The van der Waals surface area contributed by atoms with Crippen molar-refractivity contribution in [1.29, 1.82) is 5.26 Å². The van der Waals surface area contributed by atoms with Gasteiger partial charge in [0.25, 0.3) is 0 Å². The summed E-state index contributed by atoms with van der Waals surface area (Å²) >= 11 is 0. The number of nitriles is 1. The van der Waals surface area contributed by atoms with Crippen LogP contribution in [-0.2, 0) is 9.53 Å². The number of nitrogens with one attached hydrogen (secondary N) is 1. The van der Waals surface area contributed by atoms with Crippen LogP contribution in [0.25, 0.3) is 0 Å². The van der Waals surface area contributed by atoms with Gasteiger partial charge in [-0.1, -0.05) is 0 Å². The van der Waals surface area contributed by atoms with Gasteiger partial charge in [0.15, 0.2) is 0 Å². The number of anilines is 1. The van der Waals surface area contributed by atoms with Gasteiger partial charge in [-0.15, -0.1) is 0 Å². The number of nitrogens with zero attached hydrogens (tertiary/aromatic N) is 2. The fourth-order valence-electron chi connectivity index (χ4n) is 1.89. The van der Waals surface area contributed by atoms with E-state index in [4.69, 9.17) is 10.00 Å². The Balaban J connectivity index is 2.18. The lowest BCUT2D eigenvalue weighted by molar-refractivity contribution is -0.145. The minimum atomic E-state index is -1.03. The van der Waals surface area contributed by atoms with Crippen molar-refractivity contribution in [2.24, 2.45) is 0 Å². The second-order valence-corrected chi connectivity index (χ2v) is 4.17.